The highest BCUT2D eigenvalue weighted by molar-refractivity contribution is 14.1. The Hall–Kier alpha value is -5.05. The highest BCUT2D eigenvalue weighted by atomic mass is 127. The number of anilines is 2. The van der Waals surface area contributed by atoms with Gasteiger partial charge >= 0.3 is 6.30 Å². The summed E-state index contributed by atoms with van der Waals surface area (Å²) in [6.45, 7) is 3.34. The van der Waals surface area contributed by atoms with Gasteiger partial charge in [0.15, 0.2) is 11.6 Å². The summed E-state index contributed by atoms with van der Waals surface area (Å²) in [5, 5.41) is 15.8. The number of nitrogens with zero attached hydrogens (tertiary/aromatic N) is 2. The summed E-state index contributed by atoms with van der Waals surface area (Å²) < 4.78 is 50.5. The summed E-state index contributed by atoms with van der Waals surface area (Å²) in [5.74, 6) is -0.426. The Balaban J connectivity index is 0.000000179. The van der Waals surface area contributed by atoms with E-state index in [2.05, 4.69) is 55.0 Å². The van der Waals surface area contributed by atoms with E-state index in [9.17, 15) is 27.6 Å². The van der Waals surface area contributed by atoms with Crippen LogP contribution in [0.1, 0.15) is 64.5 Å². The molecule has 0 bridgehead atoms. The average Bonchev–Trinajstić information content (AvgIpc) is 4.06. The molecule has 16 heteroatoms. The van der Waals surface area contributed by atoms with Crippen LogP contribution in [0.15, 0.2) is 96.1 Å². The van der Waals surface area contributed by atoms with Gasteiger partial charge in [0, 0.05) is 48.3 Å². The number of carbonyl (C=O) groups excluding carboxylic acids is 3. The Labute approximate surface area is 365 Å². The predicted octanol–water partition coefficient (Wildman–Crippen LogP) is 8.12. The van der Waals surface area contributed by atoms with Gasteiger partial charge < -0.3 is 30.7 Å². The van der Waals surface area contributed by atoms with Crippen LogP contribution < -0.4 is 30.7 Å². The second-order valence-electron chi connectivity index (χ2n) is 13.7. The van der Waals surface area contributed by atoms with E-state index >= 15 is 0 Å². The normalized spacial score (nSPS) is 14.1. The van der Waals surface area contributed by atoms with Crippen molar-refractivity contribution in [1.29, 1.82) is 0 Å². The molecule has 0 spiro atoms. The van der Waals surface area contributed by atoms with Crippen molar-refractivity contribution in [3.63, 3.8) is 0 Å². The van der Waals surface area contributed by atoms with Crippen molar-refractivity contribution in [2.45, 2.75) is 32.2 Å². The van der Waals surface area contributed by atoms with E-state index in [4.69, 9.17) is 9.47 Å². The molecular weight excluding hydrogens is 991 g/mol. The lowest BCUT2D eigenvalue weighted by molar-refractivity contribution is -0.201. The van der Waals surface area contributed by atoms with Crippen LogP contribution in [0, 0.1) is 7.14 Å². The van der Waals surface area contributed by atoms with Crippen molar-refractivity contribution in [1.82, 2.24) is 15.6 Å². The van der Waals surface area contributed by atoms with Gasteiger partial charge in [0.1, 0.15) is 11.5 Å². The second-order valence-corrected chi connectivity index (χ2v) is 16.1. The number of methoxy groups -OCH3 is 2. The van der Waals surface area contributed by atoms with Gasteiger partial charge in [-0.15, -0.1) is 23.3 Å². The van der Waals surface area contributed by atoms with E-state index < -0.39 is 12.2 Å². The molecule has 3 aliphatic heterocycles. The van der Waals surface area contributed by atoms with E-state index in [-0.39, 0.29) is 39.4 Å². The van der Waals surface area contributed by atoms with Gasteiger partial charge in [0.2, 0.25) is 0 Å². The Morgan fingerprint density at radius 2 is 1.41 bits per heavy atom. The molecule has 3 heterocycles. The van der Waals surface area contributed by atoms with E-state index in [1.807, 2.05) is 65.1 Å². The van der Waals surface area contributed by atoms with Crippen LogP contribution >= 0.6 is 45.2 Å². The number of carbonyl (C=O) groups is 3. The van der Waals surface area contributed by atoms with Crippen LogP contribution in [0.5, 0.6) is 11.5 Å². The van der Waals surface area contributed by atoms with Gasteiger partial charge in [-0.1, -0.05) is 18.2 Å². The molecule has 5 aromatic rings. The highest BCUT2D eigenvalue weighted by Crippen LogP contribution is 2.37. The number of ketones is 1. The Bertz CT molecular complexity index is 2480. The predicted molar refractivity (Wildman–Crippen MR) is 235 cm³/mol. The molecule has 0 unspecified atom stereocenters. The summed E-state index contributed by atoms with van der Waals surface area (Å²) in [5.41, 5.74) is 8.01. The number of hydrogen-bond acceptors (Lipinski definition) is 9. The molecule has 11 nitrogen and oxygen atoms in total. The van der Waals surface area contributed by atoms with Crippen molar-refractivity contribution >= 4 is 80.0 Å². The smallest absolute Gasteiger partial charge is 0.496 e. The van der Waals surface area contributed by atoms with Crippen molar-refractivity contribution in [3.8, 4) is 11.5 Å². The maximum atomic E-state index is 13.1. The fourth-order valence-corrected chi connectivity index (χ4v) is 7.95. The number of ether oxygens (including phenoxy) is 2. The molecular formula is C43H37F3I2N6O5. The van der Waals surface area contributed by atoms with Crippen LogP contribution in [0.4, 0.5) is 24.5 Å². The first-order valence-corrected chi connectivity index (χ1v) is 20.6. The van der Waals surface area contributed by atoms with Gasteiger partial charge in [-0.25, -0.2) is 0 Å². The summed E-state index contributed by atoms with van der Waals surface area (Å²) in [7, 11) is 2.88. The molecule has 0 saturated carbocycles. The van der Waals surface area contributed by atoms with Crippen LogP contribution in [-0.2, 0) is 25.9 Å². The zero-order chi connectivity index (χ0) is 41.8. The summed E-state index contributed by atoms with van der Waals surface area (Å²) >= 11 is 4.08. The molecule has 2 amide bonds. The van der Waals surface area contributed by atoms with Crippen molar-refractivity contribution in [3.05, 3.63) is 148 Å². The molecule has 0 fully saturated rings. The largest absolute Gasteiger partial charge is 0.506 e. The molecule has 0 radical (unpaired) electrons. The third-order valence-corrected chi connectivity index (χ3v) is 11.5. The third kappa shape index (κ3) is 9.71. The molecule has 4 N–H and O–H groups in total. The molecule has 0 atom stereocenters. The standard InChI is InChI=1S/C24H21IN2O3.C19H16F3IN4O2/c1-30-22-10-7-16(23(28)15-5-8-18(25)9-6-15)13-20(22)24(29)27-21-4-2-3-17-14-26-12-11-19(17)21;1-29-16-8-13(17-26-27(17)19(20,21)22)15(23)7-14(16)18(28)25-12-3-2-10-4-5-24-9-11(10)6-12/h2-10,13,26H,11-12,14H2,1H3,(H,27,29);2-3,6-8,24H,4-5,9H2,1H3,(H,25,28). The van der Waals surface area contributed by atoms with E-state index in [0.29, 0.717) is 31.7 Å². The summed E-state index contributed by atoms with van der Waals surface area (Å²) in [6, 6.07) is 26.9. The monoisotopic (exact) mass is 1030 g/mol. The highest BCUT2D eigenvalue weighted by Gasteiger charge is 2.49. The average molecular weight is 1030 g/mol. The van der Waals surface area contributed by atoms with E-state index in [1.165, 1.54) is 37.5 Å². The molecule has 0 saturated heterocycles. The van der Waals surface area contributed by atoms with Crippen molar-refractivity contribution < 1.29 is 37.0 Å². The number of nitrogens with one attached hydrogen (secondary N) is 4. The summed E-state index contributed by atoms with van der Waals surface area (Å²) in [4.78, 5) is 38.8. The van der Waals surface area contributed by atoms with Crippen LogP contribution in [-0.4, -0.2) is 62.1 Å². The number of fused-ring (bicyclic) bond motifs is 2. The van der Waals surface area contributed by atoms with Crippen molar-refractivity contribution in [2.24, 2.45) is 5.10 Å². The zero-order valence-corrected chi connectivity index (χ0v) is 36.0. The number of amides is 2. The quantitative estimate of drug-likeness (QED) is 0.0662. The van der Waals surface area contributed by atoms with Crippen molar-refractivity contribution in [2.75, 3.05) is 37.9 Å². The van der Waals surface area contributed by atoms with Crippen LogP contribution in [0.25, 0.3) is 0 Å². The van der Waals surface area contributed by atoms with E-state index in [1.54, 1.807) is 30.3 Å². The van der Waals surface area contributed by atoms with Crippen LogP contribution in [0.2, 0.25) is 0 Å². The molecule has 5 aromatic carbocycles. The lowest BCUT2D eigenvalue weighted by Gasteiger charge is -2.21. The van der Waals surface area contributed by atoms with Gasteiger partial charge in [-0.05, 0) is 166 Å². The molecule has 304 valence electrons. The topological polar surface area (TPSA) is 133 Å². The Morgan fingerprint density at radius 1 is 0.729 bits per heavy atom. The maximum absolute atomic E-state index is 13.1. The molecule has 0 aromatic heterocycles. The van der Waals surface area contributed by atoms with Gasteiger partial charge in [0.25, 0.3) is 11.8 Å². The first-order valence-electron chi connectivity index (χ1n) is 18.4. The lowest BCUT2D eigenvalue weighted by Crippen LogP contribution is -2.25. The van der Waals surface area contributed by atoms with Gasteiger partial charge in [0.05, 0.1) is 25.3 Å². The second kappa shape index (κ2) is 18.1. The molecule has 0 aliphatic carbocycles. The number of benzene rings is 5. The number of halogens is 5. The minimum absolute atomic E-state index is 0.00910. The Morgan fingerprint density at radius 3 is 2.12 bits per heavy atom. The Kier molecular flexibility index (Phi) is 12.9. The zero-order valence-electron chi connectivity index (χ0n) is 31.7. The SMILES string of the molecule is COc1cc(C2=NN2C(F)(F)F)c(I)cc1C(=O)Nc1ccc2c(c1)CNCC2.COc1ccc(C(=O)c2ccc(I)cc2)cc1C(=O)Nc1cccc2c1CCNC2. The molecule has 59 heavy (non-hydrogen) atoms. The molecule has 3 aliphatic rings. The number of amidine groups is 1. The number of hydrogen-bond donors (Lipinski definition) is 4. The van der Waals surface area contributed by atoms with Gasteiger partial charge in [-0.2, -0.15) is 0 Å². The number of hydrazone groups is 1. The fraction of sp³-hybridized carbons (Fsp3) is 0.209. The minimum Gasteiger partial charge on any atom is -0.496 e. The minimum atomic E-state index is -4.57. The first-order chi connectivity index (χ1) is 28.3. The number of alkyl halides is 3. The van der Waals surface area contributed by atoms with E-state index in [0.717, 1.165) is 59.4 Å². The maximum Gasteiger partial charge on any atom is 0.506 e. The lowest BCUT2D eigenvalue weighted by atomic mass is 9.98. The molecule has 8 rings (SSSR count). The summed E-state index contributed by atoms with van der Waals surface area (Å²) in [6.07, 6.45) is -2.77. The third-order valence-electron chi connectivity index (χ3n) is 9.92. The fourth-order valence-electron chi connectivity index (χ4n) is 6.88. The van der Waals surface area contributed by atoms with Crippen LogP contribution in [0.3, 0.4) is 0 Å². The number of rotatable bonds is 9. The first kappa shape index (κ1) is 42.1. The van der Waals surface area contributed by atoms with Gasteiger partial charge in [-0.3, -0.25) is 14.4 Å².